The number of aromatic nitrogens is 2. The highest BCUT2D eigenvalue weighted by atomic mass is 16.2. The summed E-state index contributed by atoms with van der Waals surface area (Å²) in [6, 6.07) is 10.7. The molecule has 1 heterocycles. The Hall–Kier alpha value is -2.94. The molecule has 1 aromatic heterocycles. The van der Waals surface area contributed by atoms with E-state index in [0.29, 0.717) is 18.5 Å². The van der Waals surface area contributed by atoms with Crippen molar-refractivity contribution >= 4 is 5.78 Å². The van der Waals surface area contributed by atoms with E-state index < -0.39 is 11.2 Å². The average molecular weight is 311 g/mol. The fraction of sp³-hybridized carbons (Fsp3) is 0.294. The first-order chi connectivity index (χ1) is 11.1. The normalized spacial score (nSPS) is 10.3. The highest BCUT2D eigenvalue weighted by Gasteiger charge is 2.11. The van der Waals surface area contributed by atoms with Crippen LogP contribution in [0.2, 0.25) is 0 Å². The van der Waals surface area contributed by atoms with Crippen molar-refractivity contribution in [3.8, 4) is 6.07 Å². The molecule has 0 radical (unpaired) electrons. The van der Waals surface area contributed by atoms with Crippen LogP contribution in [0.3, 0.4) is 0 Å². The lowest BCUT2D eigenvalue weighted by Crippen LogP contribution is -2.40. The second kappa shape index (κ2) is 7.36. The molecule has 0 saturated carbocycles. The summed E-state index contributed by atoms with van der Waals surface area (Å²) < 4.78 is 2.35. The fourth-order valence-electron chi connectivity index (χ4n) is 2.32. The number of rotatable bonds is 6. The molecule has 0 saturated heterocycles. The van der Waals surface area contributed by atoms with Crippen LogP contribution in [0.1, 0.15) is 35.7 Å². The molecule has 0 aliphatic carbocycles. The Morgan fingerprint density at radius 3 is 2.52 bits per heavy atom. The number of nitrogens with zero attached hydrogens (tertiary/aromatic N) is 3. The van der Waals surface area contributed by atoms with E-state index in [4.69, 9.17) is 5.26 Å². The summed E-state index contributed by atoms with van der Waals surface area (Å²) >= 11 is 0. The lowest BCUT2D eigenvalue weighted by atomic mass is 10.1. The Bertz CT molecular complexity index is 857. The maximum absolute atomic E-state index is 12.2. The van der Waals surface area contributed by atoms with Gasteiger partial charge in [0.1, 0.15) is 11.6 Å². The van der Waals surface area contributed by atoms with Gasteiger partial charge in [0, 0.05) is 31.3 Å². The van der Waals surface area contributed by atoms with E-state index in [9.17, 15) is 14.4 Å². The average Bonchev–Trinajstić information content (AvgIpc) is 2.58. The molecular weight excluding hydrogens is 294 g/mol. The molecule has 0 aliphatic rings. The van der Waals surface area contributed by atoms with Crippen LogP contribution in [-0.2, 0) is 13.1 Å². The quantitative estimate of drug-likeness (QED) is 0.758. The van der Waals surface area contributed by atoms with E-state index in [1.165, 1.54) is 10.8 Å². The van der Waals surface area contributed by atoms with Crippen molar-refractivity contribution in [3.05, 3.63) is 68.5 Å². The molecule has 23 heavy (non-hydrogen) atoms. The SMILES string of the molecule is CCn1cc(C#N)c(=O)n(CCCC(=O)c2ccccc2)c1=O. The van der Waals surface area contributed by atoms with Crippen molar-refractivity contribution in [2.75, 3.05) is 0 Å². The molecule has 0 bridgehead atoms. The number of hydrogen-bond acceptors (Lipinski definition) is 4. The van der Waals surface area contributed by atoms with Gasteiger partial charge in [-0.05, 0) is 13.3 Å². The zero-order valence-electron chi connectivity index (χ0n) is 12.9. The van der Waals surface area contributed by atoms with Gasteiger partial charge < -0.3 is 0 Å². The lowest BCUT2D eigenvalue weighted by Gasteiger charge is -2.09. The van der Waals surface area contributed by atoms with Gasteiger partial charge in [0.05, 0.1) is 0 Å². The Labute approximate surface area is 133 Å². The van der Waals surface area contributed by atoms with Crippen LogP contribution in [-0.4, -0.2) is 14.9 Å². The third-order valence-corrected chi connectivity index (χ3v) is 3.58. The summed E-state index contributed by atoms with van der Waals surface area (Å²) in [5.74, 6) is -0.0362. The van der Waals surface area contributed by atoms with E-state index in [1.54, 1.807) is 37.3 Å². The van der Waals surface area contributed by atoms with Crippen LogP contribution in [0, 0.1) is 11.3 Å². The second-order valence-electron chi connectivity index (χ2n) is 5.07. The van der Waals surface area contributed by atoms with Gasteiger partial charge in [0.2, 0.25) is 0 Å². The Balaban J connectivity index is 2.15. The van der Waals surface area contributed by atoms with Crippen LogP contribution in [0.25, 0.3) is 0 Å². The largest absolute Gasteiger partial charge is 0.331 e. The third kappa shape index (κ3) is 3.64. The molecule has 0 atom stereocenters. The molecule has 0 aliphatic heterocycles. The number of Topliss-reactive ketones (excluding diaryl/α,β-unsaturated/α-hetero) is 1. The standard InChI is InChI=1S/C17H17N3O3/c1-2-19-12-14(11-18)16(22)20(17(19)23)10-6-9-15(21)13-7-4-3-5-8-13/h3-5,7-8,12H,2,6,9-10H2,1H3. The highest BCUT2D eigenvalue weighted by molar-refractivity contribution is 5.95. The number of aryl methyl sites for hydroxylation is 1. The molecule has 0 amide bonds. The second-order valence-corrected chi connectivity index (χ2v) is 5.07. The van der Waals surface area contributed by atoms with Crippen molar-refractivity contribution in [2.24, 2.45) is 0 Å². The number of carbonyl (C=O) groups is 1. The fourth-order valence-corrected chi connectivity index (χ4v) is 2.32. The maximum atomic E-state index is 12.2. The van der Waals surface area contributed by atoms with E-state index in [2.05, 4.69) is 0 Å². The summed E-state index contributed by atoms with van der Waals surface area (Å²) in [6.07, 6.45) is 1.87. The van der Waals surface area contributed by atoms with Crippen molar-refractivity contribution in [1.29, 1.82) is 5.26 Å². The summed E-state index contributed by atoms with van der Waals surface area (Å²) in [4.78, 5) is 36.3. The van der Waals surface area contributed by atoms with Crippen LogP contribution in [0.5, 0.6) is 0 Å². The number of hydrogen-bond donors (Lipinski definition) is 0. The van der Waals surface area contributed by atoms with Crippen molar-refractivity contribution in [3.63, 3.8) is 0 Å². The Morgan fingerprint density at radius 2 is 1.91 bits per heavy atom. The molecule has 0 fully saturated rings. The van der Waals surface area contributed by atoms with Crippen molar-refractivity contribution in [2.45, 2.75) is 32.9 Å². The minimum atomic E-state index is -0.602. The van der Waals surface area contributed by atoms with Gasteiger partial charge >= 0.3 is 5.69 Å². The summed E-state index contributed by atoms with van der Waals surface area (Å²) in [5.41, 5.74) is -0.518. The molecule has 2 rings (SSSR count). The van der Waals surface area contributed by atoms with E-state index in [-0.39, 0.29) is 24.3 Å². The third-order valence-electron chi connectivity index (χ3n) is 3.58. The molecule has 0 unspecified atom stereocenters. The zero-order chi connectivity index (χ0) is 16.8. The van der Waals surface area contributed by atoms with Gasteiger partial charge in [0.25, 0.3) is 5.56 Å². The van der Waals surface area contributed by atoms with Gasteiger partial charge in [0.15, 0.2) is 5.78 Å². The number of carbonyl (C=O) groups excluding carboxylic acids is 1. The van der Waals surface area contributed by atoms with Gasteiger partial charge in [-0.2, -0.15) is 5.26 Å². The smallest absolute Gasteiger partial charge is 0.299 e. The molecule has 1 aromatic carbocycles. The van der Waals surface area contributed by atoms with E-state index in [1.807, 2.05) is 6.07 Å². The zero-order valence-corrected chi connectivity index (χ0v) is 12.9. The highest BCUT2D eigenvalue weighted by Crippen LogP contribution is 2.05. The predicted molar refractivity (Wildman–Crippen MR) is 85.4 cm³/mol. The van der Waals surface area contributed by atoms with Crippen LogP contribution in [0.15, 0.2) is 46.1 Å². The summed E-state index contributed by atoms with van der Waals surface area (Å²) in [6.45, 7) is 2.25. The van der Waals surface area contributed by atoms with Crippen LogP contribution >= 0.6 is 0 Å². The number of nitriles is 1. The molecular formula is C17H17N3O3. The monoisotopic (exact) mass is 311 g/mol. The predicted octanol–water partition coefficient (Wildman–Crippen LogP) is 1.56. The van der Waals surface area contributed by atoms with Gasteiger partial charge in [-0.15, -0.1) is 0 Å². The van der Waals surface area contributed by atoms with Crippen molar-refractivity contribution < 1.29 is 4.79 Å². The van der Waals surface area contributed by atoms with Gasteiger partial charge in [-0.3, -0.25) is 18.7 Å². The van der Waals surface area contributed by atoms with Crippen LogP contribution < -0.4 is 11.2 Å². The first-order valence-corrected chi connectivity index (χ1v) is 7.41. The summed E-state index contributed by atoms with van der Waals surface area (Å²) in [5, 5.41) is 8.98. The van der Waals surface area contributed by atoms with E-state index >= 15 is 0 Å². The maximum Gasteiger partial charge on any atom is 0.331 e. The minimum Gasteiger partial charge on any atom is -0.299 e. The minimum absolute atomic E-state index is 0.0362. The van der Waals surface area contributed by atoms with Crippen molar-refractivity contribution in [1.82, 2.24) is 9.13 Å². The first-order valence-electron chi connectivity index (χ1n) is 7.41. The first kappa shape index (κ1) is 16.4. The number of benzene rings is 1. The van der Waals surface area contributed by atoms with Gasteiger partial charge in [-0.1, -0.05) is 30.3 Å². The Morgan fingerprint density at radius 1 is 1.22 bits per heavy atom. The Kier molecular flexibility index (Phi) is 5.26. The molecule has 0 spiro atoms. The van der Waals surface area contributed by atoms with E-state index in [0.717, 1.165) is 4.57 Å². The molecule has 6 nitrogen and oxygen atoms in total. The van der Waals surface area contributed by atoms with Gasteiger partial charge in [-0.25, -0.2) is 4.79 Å². The molecule has 6 heteroatoms. The van der Waals surface area contributed by atoms with Crippen LogP contribution in [0.4, 0.5) is 0 Å². The topological polar surface area (TPSA) is 84.9 Å². The number of ketones is 1. The summed E-state index contributed by atoms with van der Waals surface area (Å²) in [7, 11) is 0. The molecule has 118 valence electrons. The molecule has 0 N–H and O–H groups in total. The lowest BCUT2D eigenvalue weighted by molar-refractivity contribution is 0.0978. The molecule has 2 aromatic rings.